The van der Waals surface area contributed by atoms with Crippen LogP contribution in [-0.4, -0.2) is 9.79 Å². The van der Waals surface area contributed by atoms with Gasteiger partial charge in [0.1, 0.15) is 11.5 Å². The molecule has 6 atom stereocenters. The Hall–Kier alpha value is -1.48. The average molecular weight is 884 g/mol. The SMILES string of the molecule is O=P(O)(F)OOP(=O)(F)OOP(=O)(F)OOP(=O)(F)OOP(=O)(F)Oc1cccc(-c2ccccc2)c1Sc1ccccc1OP(=O)(O)F.S. The summed E-state index contributed by atoms with van der Waals surface area (Å²) in [5.41, 5.74) is 0.586. The first-order valence-electron chi connectivity index (χ1n) is 11.6. The Kier molecular flexibility index (Phi) is 16.1. The van der Waals surface area contributed by atoms with Crippen LogP contribution in [0.1, 0.15) is 0 Å². The van der Waals surface area contributed by atoms with Crippen molar-refractivity contribution in [2.45, 2.75) is 9.79 Å². The molecule has 0 aliphatic rings. The first kappa shape index (κ1) is 44.7. The van der Waals surface area contributed by atoms with Crippen LogP contribution in [-0.2, 0) is 64.8 Å². The van der Waals surface area contributed by atoms with Crippen LogP contribution in [0.3, 0.4) is 0 Å². The van der Waals surface area contributed by atoms with E-state index < -0.39 is 58.9 Å². The Bertz CT molecular complexity index is 1920. The van der Waals surface area contributed by atoms with Gasteiger partial charge in [0.2, 0.25) is 0 Å². The molecule has 0 saturated heterocycles. The van der Waals surface area contributed by atoms with Crippen LogP contribution in [0.2, 0.25) is 0 Å². The Morgan fingerprint density at radius 3 is 1.42 bits per heavy atom. The molecule has 50 heavy (non-hydrogen) atoms. The minimum atomic E-state index is -6.69. The lowest BCUT2D eigenvalue weighted by molar-refractivity contribution is -0.230. The highest BCUT2D eigenvalue weighted by atomic mass is 32.2. The van der Waals surface area contributed by atoms with Gasteiger partial charge in [0.15, 0.2) is 0 Å². The molecule has 0 aliphatic carbocycles. The van der Waals surface area contributed by atoms with Crippen molar-refractivity contribution >= 4 is 72.7 Å². The molecule has 0 bridgehead atoms. The number of para-hydroxylation sites is 1. The van der Waals surface area contributed by atoms with E-state index in [9.17, 15) is 52.6 Å². The van der Waals surface area contributed by atoms with Crippen molar-refractivity contribution in [2.75, 3.05) is 0 Å². The third-order valence-electron chi connectivity index (χ3n) is 4.39. The zero-order valence-corrected chi connectivity index (χ0v) is 30.4. The van der Waals surface area contributed by atoms with Crippen LogP contribution in [0.5, 0.6) is 11.5 Å². The van der Waals surface area contributed by atoms with E-state index in [1.807, 2.05) is 0 Å². The van der Waals surface area contributed by atoms with E-state index in [1.54, 1.807) is 30.3 Å². The molecular weight excluding hydrogens is 868 g/mol. The average Bonchev–Trinajstić information content (AvgIpc) is 2.99. The van der Waals surface area contributed by atoms with Crippen LogP contribution in [0.15, 0.2) is 82.6 Å². The quantitative estimate of drug-likeness (QED) is 0.0492. The summed E-state index contributed by atoms with van der Waals surface area (Å²) in [7, 11) is -37.9. The molecular formula is C18H16F6O18P6S2. The van der Waals surface area contributed by atoms with E-state index in [2.05, 4.69) is 46.4 Å². The standard InChI is InChI=1S/C18H14F6O18P6S.H2S/c19-43(25,26)33-15-10-4-5-12-17(15)49-18-14(13-7-2-1-3-8-13)9-6-11-16(18)34-45(21,29)37-38-47(23,31)41-42-48(24,32)40-39-46(22,30)36-35-44(20,27)28;/h1-12H,(H,25,26)(H,27,28);1H2. The zero-order valence-electron chi connectivity index (χ0n) is 23.2. The molecule has 0 heterocycles. The van der Waals surface area contributed by atoms with Gasteiger partial charge in [-0.2, -0.15) is 13.5 Å². The Morgan fingerprint density at radius 2 is 0.920 bits per heavy atom. The van der Waals surface area contributed by atoms with E-state index in [0.717, 1.165) is 12.1 Å². The smallest absolute Gasteiger partial charge is 0.400 e. The lowest BCUT2D eigenvalue weighted by Crippen LogP contribution is -1.99. The van der Waals surface area contributed by atoms with Gasteiger partial charge in [-0.1, -0.05) is 66.4 Å². The molecule has 18 nitrogen and oxygen atoms in total. The summed E-state index contributed by atoms with van der Waals surface area (Å²) in [5, 5.41) is 0. The summed E-state index contributed by atoms with van der Waals surface area (Å²) in [6.07, 6.45) is 0. The Balaban J connectivity index is 0.00000867. The van der Waals surface area contributed by atoms with Gasteiger partial charge in [-0.15, -0.1) is 62.6 Å². The zero-order chi connectivity index (χ0) is 36.7. The predicted molar refractivity (Wildman–Crippen MR) is 159 cm³/mol. The number of benzene rings is 3. The van der Waals surface area contributed by atoms with Crippen molar-refractivity contribution in [3.63, 3.8) is 0 Å². The Labute approximate surface area is 286 Å². The Morgan fingerprint density at radius 1 is 0.480 bits per heavy atom. The fourth-order valence-electron chi connectivity index (χ4n) is 2.87. The molecule has 6 unspecified atom stereocenters. The molecule has 2 N–H and O–H groups in total. The molecule has 3 rings (SSSR count). The monoisotopic (exact) mass is 884 g/mol. The van der Waals surface area contributed by atoms with Crippen LogP contribution >= 0.6 is 72.7 Å². The highest BCUT2D eigenvalue weighted by Gasteiger charge is 2.43. The maximum Gasteiger partial charge on any atom is 0.598 e. The summed E-state index contributed by atoms with van der Waals surface area (Å²) in [5.74, 6) is -1.20. The molecule has 0 radical (unpaired) electrons. The maximum absolute atomic E-state index is 14.9. The summed E-state index contributed by atoms with van der Waals surface area (Å²) in [6.45, 7) is 0. The summed E-state index contributed by atoms with van der Waals surface area (Å²) < 4.78 is 182. The van der Waals surface area contributed by atoms with Crippen LogP contribution in [0.25, 0.3) is 11.1 Å². The number of halogens is 6. The number of rotatable bonds is 19. The normalized spacial score (nSPS) is 18.8. The largest absolute Gasteiger partial charge is 0.598 e. The minimum absolute atomic E-state index is 0. The van der Waals surface area contributed by atoms with Gasteiger partial charge in [-0.3, -0.25) is 9.79 Å². The van der Waals surface area contributed by atoms with E-state index >= 15 is 0 Å². The van der Waals surface area contributed by atoms with E-state index in [1.165, 1.54) is 30.3 Å². The fraction of sp³-hybridized carbons (Fsp3) is 0. The molecule has 3 aromatic rings. The van der Waals surface area contributed by atoms with Crippen molar-refractivity contribution in [1.82, 2.24) is 0 Å². The molecule has 0 fully saturated rings. The lowest BCUT2D eigenvalue weighted by atomic mass is 10.1. The van der Waals surface area contributed by atoms with Crippen LogP contribution in [0, 0.1) is 0 Å². The van der Waals surface area contributed by atoms with Crippen LogP contribution in [0.4, 0.5) is 25.2 Å². The van der Waals surface area contributed by atoms with Crippen LogP contribution < -0.4 is 9.05 Å². The van der Waals surface area contributed by atoms with Gasteiger partial charge >= 0.3 is 47.4 Å². The lowest BCUT2D eigenvalue weighted by Gasteiger charge is -2.18. The molecule has 0 aliphatic heterocycles. The third-order valence-corrected chi connectivity index (χ3v) is 8.91. The molecule has 32 heteroatoms. The third kappa shape index (κ3) is 16.0. The first-order valence-corrected chi connectivity index (χ1v) is 21.0. The fourth-order valence-corrected chi connectivity index (χ4v) is 7.53. The highest BCUT2D eigenvalue weighted by Crippen LogP contribution is 2.65. The minimum Gasteiger partial charge on any atom is -0.400 e. The molecule has 0 amide bonds. The van der Waals surface area contributed by atoms with Crippen molar-refractivity contribution in [3.05, 3.63) is 72.8 Å². The van der Waals surface area contributed by atoms with E-state index in [4.69, 9.17) is 9.79 Å². The topological polar surface area (TPSA) is 235 Å². The first-order chi connectivity index (χ1) is 22.5. The molecule has 0 aromatic heterocycles. The number of hydrogen-bond donors (Lipinski definition) is 2. The second-order valence-corrected chi connectivity index (χ2v) is 15.8. The summed E-state index contributed by atoms with van der Waals surface area (Å²) >= 11 is 0.575. The summed E-state index contributed by atoms with van der Waals surface area (Å²) in [4.78, 5) is 16.8. The van der Waals surface area contributed by atoms with Gasteiger partial charge in [0.05, 0.1) is 9.79 Å². The number of hydrogen-bond acceptors (Lipinski definition) is 17. The molecule has 280 valence electrons. The second kappa shape index (κ2) is 18.0. The van der Waals surface area contributed by atoms with Gasteiger partial charge in [0.25, 0.3) is 0 Å². The second-order valence-electron chi connectivity index (χ2n) is 7.95. The highest BCUT2D eigenvalue weighted by molar-refractivity contribution is 7.99. The summed E-state index contributed by atoms with van der Waals surface area (Å²) in [6, 6.07) is 16.5. The molecule has 0 saturated carbocycles. The van der Waals surface area contributed by atoms with Gasteiger partial charge in [-0.05, 0) is 29.3 Å². The van der Waals surface area contributed by atoms with Crippen molar-refractivity contribution in [1.29, 1.82) is 0 Å². The van der Waals surface area contributed by atoms with Crippen molar-refractivity contribution < 1.29 is 109 Å². The molecule has 0 spiro atoms. The maximum atomic E-state index is 14.9. The van der Waals surface area contributed by atoms with Crippen molar-refractivity contribution in [2.24, 2.45) is 0 Å². The van der Waals surface area contributed by atoms with Crippen molar-refractivity contribution in [3.8, 4) is 22.6 Å². The van der Waals surface area contributed by atoms with E-state index in [-0.39, 0.29) is 28.9 Å². The van der Waals surface area contributed by atoms with Gasteiger partial charge in [0, 0.05) is 0 Å². The van der Waals surface area contributed by atoms with E-state index in [0.29, 0.717) is 17.3 Å². The molecule has 3 aromatic carbocycles. The van der Waals surface area contributed by atoms with Gasteiger partial charge < -0.3 is 9.05 Å². The van der Waals surface area contributed by atoms with Gasteiger partial charge in [-0.25, -0.2) is 27.4 Å². The predicted octanol–water partition coefficient (Wildman–Crippen LogP) is 10.6.